The van der Waals surface area contributed by atoms with Crippen molar-refractivity contribution >= 4 is 0 Å². The highest BCUT2D eigenvalue weighted by atomic mass is 19.4. The first kappa shape index (κ1) is 10.2. The Morgan fingerprint density at radius 3 is 1.45 bits per heavy atom. The molecule has 0 heterocycles. The Bertz CT molecular complexity index is 164. The summed E-state index contributed by atoms with van der Waals surface area (Å²) in [6.45, 7) is 0. The lowest BCUT2D eigenvalue weighted by atomic mass is 10.3. The summed E-state index contributed by atoms with van der Waals surface area (Å²) in [6.07, 6.45) is -7.52. The monoisotopic (exact) mass is 182 g/mol. The van der Waals surface area contributed by atoms with E-state index in [2.05, 4.69) is 0 Å². The summed E-state index contributed by atoms with van der Waals surface area (Å²) < 4.78 is 78.6. The third-order valence-electron chi connectivity index (χ3n) is 0.752. The summed E-state index contributed by atoms with van der Waals surface area (Å²) in [4.78, 5) is 0. The molecule has 0 saturated carbocycles. The Hall–Kier alpha value is -0.750. The van der Waals surface area contributed by atoms with Gasteiger partial charge in [-0.25, -0.2) is 8.78 Å². The molecular weight excluding hydrogens is 181 g/mol. The van der Waals surface area contributed by atoms with Crippen LogP contribution < -0.4 is 0 Å². The summed E-state index contributed by atoms with van der Waals surface area (Å²) in [5, 5.41) is 0. The molecule has 0 aromatic carbocycles. The summed E-state index contributed by atoms with van der Waals surface area (Å²) in [7, 11) is 0. The van der Waals surface area contributed by atoms with Crippen LogP contribution in [-0.4, -0.2) is 12.1 Å². The van der Waals surface area contributed by atoms with Crippen LogP contribution in [0.15, 0.2) is 12.2 Å². The average molecular weight is 182 g/mol. The number of rotatable bonds is 1. The van der Waals surface area contributed by atoms with Gasteiger partial charge in [0.05, 0.1) is 0 Å². The van der Waals surface area contributed by atoms with E-state index in [0.717, 1.165) is 0 Å². The van der Waals surface area contributed by atoms with Gasteiger partial charge >= 0.3 is 12.1 Å². The van der Waals surface area contributed by atoms with Crippen LogP contribution in [0.3, 0.4) is 0 Å². The second-order valence-corrected chi connectivity index (χ2v) is 1.53. The molecule has 0 radical (unpaired) electrons. The molecular formula is C4HF7. The number of alkyl halides is 5. The molecule has 0 N–H and O–H groups in total. The van der Waals surface area contributed by atoms with E-state index < -0.39 is 24.3 Å². The van der Waals surface area contributed by atoms with E-state index in [4.69, 9.17) is 0 Å². The topological polar surface area (TPSA) is 0 Å². The van der Waals surface area contributed by atoms with Crippen molar-refractivity contribution in [2.75, 3.05) is 0 Å². The molecule has 0 aromatic heterocycles. The molecule has 0 aliphatic carbocycles. The maximum absolute atomic E-state index is 11.5. The van der Waals surface area contributed by atoms with Gasteiger partial charge in [0.2, 0.25) is 5.83 Å². The van der Waals surface area contributed by atoms with Gasteiger partial charge < -0.3 is 0 Å². The minimum absolute atomic E-state index is 1.42. The maximum atomic E-state index is 11.5. The van der Waals surface area contributed by atoms with Gasteiger partial charge in [-0.05, 0) is 0 Å². The van der Waals surface area contributed by atoms with Crippen molar-refractivity contribution < 1.29 is 30.7 Å². The van der Waals surface area contributed by atoms with Crippen LogP contribution in [0.4, 0.5) is 30.7 Å². The highest BCUT2D eigenvalue weighted by Crippen LogP contribution is 2.41. The first-order valence-corrected chi connectivity index (χ1v) is 2.14. The van der Waals surface area contributed by atoms with Crippen molar-refractivity contribution in [3.8, 4) is 0 Å². The van der Waals surface area contributed by atoms with Gasteiger partial charge in [-0.2, -0.15) is 22.0 Å². The molecule has 0 spiro atoms. The third-order valence-corrected chi connectivity index (χ3v) is 0.752. The van der Waals surface area contributed by atoms with E-state index in [1.54, 1.807) is 0 Å². The molecule has 0 unspecified atom stereocenters. The second-order valence-electron chi connectivity index (χ2n) is 1.53. The van der Waals surface area contributed by atoms with Gasteiger partial charge in [0.1, 0.15) is 6.33 Å². The van der Waals surface area contributed by atoms with Crippen molar-refractivity contribution in [2.45, 2.75) is 12.1 Å². The van der Waals surface area contributed by atoms with Gasteiger partial charge in [0.25, 0.3) is 0 Å². The van der Waals surface area contributed by atoms with E-state index in [0.29, 0.717) is 0 Å². The van der Waals surface area contributed by atoms with Crippen LogP contribution in [0.25, 0.3) is 0 Å². The van der Waals surface area contributed by atoms with Crippen LogP contribution in [0, 0.1) is 0 Å². The van der Waals surface area contributed by atoms with Gasteiger partial charge in [-0.15, -0.1) is 0 Å². The lowest BCUT2D eigenvalue weighted by Crippen LogP contribution is -2.36. The molecule has 0 atom stereocenters. The average Bonchev–Trinajstić information content (AvgIpc) is 1.83. The zero-order chi connectivity index (χ0) is 9.28. The van der Waals surface area contributed by atoms with Gasteiger partial charge in [0, 0.05) is 0 Å². The number of hydrogen-bond acceptors (Lipinski definition) is 0. The lowest BCUT2D eigenvalue weighted by Gasteiger charge is -2.16. The minimum Gasteiger partial charge on any atom is -0.212 e. The first-order chi connectivity index (χ1) is 4.73. The van der Waals surface area contributed by atoms with Crippen LogP contribution in [0.1, 0.15) is 0 Å². The quantitative estimate of drug-likeness (QED) is 0.547. The standard InChI is InChI=1S/C4HF7/c5-1-2(6)3(7,8)4(9,10)11/h1H/b2-1-. The summed E-state index contributed by atoms with van der Waals surface area (Å²) in [5.74, 6) is -8.88. The predicted molar refractivity (Wildman–Crippen MR) is 21.3 cm³/mol. The number of halogens is 7. The van der Waals surface area contributed by atoms with E-state index in [1.807, 2.05) is 0 Å². The maximum Gasteiger partial charge on any atom is 0.460 e. The second kappa shape index (κ2) is 2.71. The van der Waals surface area contributed by atoms with Gasteiger partial charge in [0.15, 0.2) is 0 Å². The molecule has 0 aliphatic heterocycles. The molecule has 11 heavy (non-hydrogen) atoms. The minimum atomic E-state index is -6.10. The Morgan fingerprint density at radius 1 is 1.00 bits per heavy atom. The van der Waals surface area contributed by atoms with Gasteiger partial charge in [-0.3, -0.25) is 0 Å². The molecule has 0 rings (SSSR count). The Labute approximate surface area is 56.3 Å². The van der Waals surface area contributed by atoms with Crippen LogP contribution in [0.5, 0.6) is 0 Å². The van der Waals surface area contributed by atoms with E-state index >= 15 is 0 Å². The van der Waals surface area contributed by atoms with Crippen LogP contribution in [-0.2, 0) is 0 Å². The number of hydrogen-bond donors (Lipinski definition) is 0. The lowest BCUT2D eigenvalue weighted by molar-refractivity contribution is -0.270. The van der Waals surface area contributed by atoms with Crippen molar-refractivity contribution in [1.29, 1.82) is 0 Å². The molecule has 0 aliphatic rings. The molecule has 0 bridgehead atoms. The SMILES string of the molecule is F/C=C(\F)C(F)(F)C(F)(F)F. The predicted octanol–water partition coefficient (Wildman–Crippen LogP) is 2.96. The fourth-order valence-electron chi connectivity index (χ4n) is 0.204. The largest absolute Gasteiger partial charge is 0.460 e. The fraction of sp³-hybridized carbons (Fsp3) is 0.500. The molecule has 0 aromatic rings. The molecule has 0 saturated heterocycles. The van der Waals surface area contributed by atoms with Crippen molar-refractivity contribution in [3.05, 3.63) is 12.2 Å². The highest BCUT2D eigenvalue weighted by Gasteiger charge is 2.61. The smallest absolute Gasteiger partial charge is 0.212 e. The summed E-state index contributed by atoms with van der Waals surface area (Å²) in [5.41, 5.74) is 0. The van der Waals surface area contributed by atoms with Crippen LogP contribution in [0.2, 0.25) is 0 Å². The molecule has 0 fully saturated rings. The Kier molecular flexibility index (Phi) is 2.52. The first-order valence-electron chi connectivity index (χ1n) is 2.14. The van der Waals surface area contributed by atoms with Gasteiger partial charge in [-0.1, -0.05) is 0 Å². The molecule has 0 nitrogen and oxygen atoms in total. The Balaban J connectivity index is 4.74. The van der Waals surface area contributed by atoms with E-state index in [9.17, 15) is 30.7 Å². The van der Waals surface area contributed by atoms with Crippen molar-refractivity contribution in [2.24, 2.45) is 0 Å². The van der Waals surface area contributed by atoms with Crippen molar-refractivity contribution in [1.82, 2.24) is 0 Å². The molecule has 0 amide bonds. The van der Waals surface area contributed by atoms with Crippen molar-refractivity contribution in [3.63, 3.8) is 0 Å². The zero-order valence-electron chi connectivity index (χ0n) is 4.72. The normalized spacial score (nSPS) is 15.4. The summed E-state index contributed by atoms with van der Waals surface area (Å²) in [6, 6.07) is 0. The highest BCUT2D eigenvalue weighted by molar-refractivity contribution is 5.04. The van der Waals surface area contributed by atoms with E-state index in [-0.39, 0.29) is 0 Å². The van der Waals surface area contributed by atoms with Crippen LogP contribution >= 0.6 is 0 Å². The summed E-state index contributed by atoms with van der Waals surface area (Å²) >= 11 is 0. The third kappa shape index (κ3) is 1.84. The zero-order valence-corrected chi connectivity index (χ0v) is 4.72. The molecule has 7 heteroatoms. The fourth-order valence-corrected chi connectivity index (χ4v) is 0.204. The Morgan fingerprint density at radius 2 is 1.36 bits per heavy atom. The van der Waals surface area contributed by atoms with E-state index in [1.165, 1.54) is 0 Å². The number of allylic oxidation sites excluding steroid dienone is 1. The molecule has 66 valence electrons.